The highest BCUT2D eigenvalue weighted by atomic mass is 35.5. The highest BCUT2D eigenvalue weighted by Gasteiger charge is 2.29. The van der Waals surface area contributed by atoms with Gasteiger partial charge in [-0.2, -0.15) is 0 Å². The third-order valence-electron chi connectivity index (χ3n) is 4.26. The van der Waals surface area contributed by atoms with Gasteiger partial charge in [0.1, 0.15) is 5.75 Å². The Bertz CT molecular complexity index is 776. The van der Waals surface area contributed by atoms with E-state index in [1.807, 2.05) is 11.4 Å². The number of carbonyl (C=O) groups is 1. The number of anilines is 1. The molecule has 0 saturated carbocycles. The molecule has 0 unspecified atom stereocenters. The fraction of sp³-hybridized carbons (Fsp3) is 0.412. The zero-order valence-corrected chi connectivity index (χ0v) is 15.1. The Kier molecular flexibility index (Phi) is 4.89. The van der Waals surface area contributed by atoms with Crippen LogP contribution in [0.2, 0.25) is 5.02 Å². The summed E-state index contributed by atoms with van der Waals surface area (Å²) in [7, 11) is 0. The molecule has 1 saturated heterocycles. The van der Waals surface area contributed by atoms with Crippen LogP contribution in [0.1, 0.15) is 11.3 Å². The van der Waals surface area contributed by atoms with Gasteiger partial charge in [-0.15, -0.1) is 11.3 Å². The van der Waals surface area contributed by atoms with Crippen molar-refractivity contribution >= 4 is 34.0 Å². The second-order valence-electron chi connectivity index (χ2n) is 6.08. The van der Waals surface area contributed by atoms with E-state index in [2.05, 4.69) is 15.2 Å². The van der Waals surface area contributed by atoms with Crippen molar-refractivity contribution in [3.8, 4) is 5.75 Å². The first-order valence-electron chi connectivity index (χ1n) is 8.18. The van der Waals surface area contributed by atoms with Gasteiger partial charge in [0.25, 0.3) is 5.91 Å². The van der Waals surface area contributed by atoms with Crippen LogP contribution in [0, 0.1) is 0 Å². The van der Waals surface area contributed by atoms with E-state index in [4.69, 9.17) is 21.1 Å². The van der Waals surface area contributed by atoms with E-state index in [1.54, 1.807) is 12.1 Å². The molecule has 1 amide bonds. The zero-order chi connectivity index (χ0) is 17.2. The molecule has 8 heteroatoms. The van der Waals surface area contributed by atoms with Crippen molar-refractivity contribution in [3.63, 3.8) is 0 Å². The summed E-state index contributed by atoms with van der Waals surface area (Å²) in [5.74, 6) is 0.538. The molecule has 25 heavy (non-hydrogen) atoms. The summed E-state index contributed by atoms with van der Waals surface area (Å²) in [5, 5.41) is 6.09. The topological polar surface area (TPSA) is 63.7 Å². The van der Waals surface area contributed by atoms with Crippen molar-refractivity contribution in [3.05, 3.63) is 39.9 Å². The number of hydrogen-bond acceptors (Lipinski definition) is 6. The Morgan fingerprint density at radius 3 is 3.08 bits per heavy atom. The standard InChI is InChI=1S/C17H18ClN3O3S/c18-12-1-2-14-11(7-12)8-15(24-14)16(22)20-17-19-13(10-25-17)9-21-3-5-23-6-4-21/h1-2,7,10,15H,3-6,8-9H2,(H,19,20,22)/t15-/m0/s1. The van der Waals surface area contributed by atoms with Crippen LogP contribution in [-0.2, 0) is 22.5 Å². The molecule has 1 atom stereocenters. The fourth-order valence-corrected chi connectivity index (χ4v) is 3.87. The monoisotopic (exact) mass is 379 g/mol. The van der Waals surface area contributed by atoms with Crippen molar-refractivity contribution in [2.45, 2.75) is 19.1 Å². The quantitative estimate of drug-likeness (QED) is 0.884. The van der Waals surface area contributed by atoms with Gasteiger partial charge in [-0.1, -0.05) is 11.6 Å². The van der Waals surface area contributed by atoms with Gasteiger partial charge in [-0.05, 0) is 23.8 Å². The maximum Gasteiger partial charge on any atom is 0.267 e. The first kappa shape index (κ1) is 16.8. The van der Waals surface area contributed by atoms with Gasteiger partial charge in [-0.25, -0.2) is 4.98 Å². The zero-order valence-electron chi connectivity index (χ0n) is 13.5. The number of ether oxygens (including phenoxy) is 2. The second kappa shape index (κ2) is 7.29. The minimum absolute atomic E-state index is 0.181. The smallest absolute Gasteiger partial charge is 0.267 e. The molecule has 132 valence electrons. The number of benzene rings is 1. The van der Waals surface area contributed by atoms with Crippen LogP contribution < -0.4 is 10.1 Å². The Morgan fingerprint density at radius 1 is 1.40 bits per heavy atom. The summed E-state index contributed by atoms with van der Waals surface area (Å²) in [6.45, 7) is 4.13. The molecule has 0 radical (unpaired) electrons. The number of carbonyl (C=O) groups excluding carboxylic acids is 1. The molecule has 0 spiro atoms. The largest absolute Gasteiger partial charge is 0.480 e. The van der Waals surface area contributed by atoms with E-state index in [0.29, 0.717) is 16.6 Å². The predicted molar refractivity (Wildman–Crippen MR) is 96.4 cm³/mol. The van der Waals surface area contributed by atoms with Crippen LogP contribution in [0.15, 0.2) is 23.6 Å². The average Bonchev–Trinajstić information content (AvgIpc) is 3.22. The first-order valence-corrected chi connectivity index (χ1v) is 9.43. The number of amides is 1. The fourth-order valence-electron chi connectivity index (χ4n) is 2.97. The minimum atomic E-state index is -0.542. The summed E-state index contributed by atoms with van der Waals surface area (Å²) >= 11 is 7.42. The maximum atomic E-state index is 12.4. The SMILES string of the molecule is O=C(Nc1nc(CN2CCOCC2)cs1)[C@@H]1Cc2cc(Cl)ccc2O1. The van der Waals surface area contributed by atoms with E-state index in [-0.39, 0.29) is 5.91 Å². The van der Waals surface area contributed by atoms with Gasteiger partial charge < -0.3 is 9.47 Å². The van der Waals surface area contributed by atoms with E-state index in [9.17, 15) is 4.79 Å². The molecule has 2 aromatic rings. The molecule has 1 N–H and O–H groups in total. The number of fused-ring (bicyclic) bond motifs is 1. The highest BCUT2D eigenvalue weighted by molar-refractivity contribution is 7.13. The summed E-state index contributed by atoms with van der Waals surface area (Å²) in [4.78, 5) is 19.2. The van der Waals surface area contributed by atoms with Crippen LogP contribution >= 0.6 is 22.9 Å². The van der Waals surface area contributed by atoms with Crippen molar-refractivity contribution in [2.75, 3.05) is 31.6 Å². The number of halogens is 1. The Balaban J connectivity index is 1.34. The lowest BCUT2D eigenvalue weighted by atomic mass is 10.1. The molecule has 2 aliphatic rings. The summed E-state index contributed by atoms with van der Waals surface area (Å²) in [6, 6.07) is 5.40. The van der Waals surface area contributed by atoms with E-state index in [1.165, 1.54) is 11.3 Å². The minimum Gasteiger partial charge on any atom is -0.480 e. The molecule has 1 aromatic carbocycles. The van der Waals surface area contributed by atoms with Gasteiger partial charge in [-0.3, -0.25) is 15.0 Å². The molecule has 1 fully saturated rings. The Morgan fingerprint density at radius 2 is 2.24 bits per heavy atom. The molecule has 4 rings (SSSR count). The number of aromatic nitrogens is 1. The molecule has 1 aromatic heterocycles. The van der Waals surface area contributed by atoms with Gasteiger partial charge in [0.2, 0.25) is 0 Å². The van der Waals surface area contributed by atoms with Crippen LogP contribution in [-0.4, -0.2) is 48.2 Å². The number of nitrogens with zero attached hydrogens (tertiary/aromatic N) is 2. The van der Waals surface area contributed by atoms with Gasteiger partial charge >= 0.3 is 0 Å². The number of nitrogens with one attached hydrogen (secondary N) is 1. The Labute approximate surface area is 154 Å². The summed E-state index contributed by atoms with van der Waals surface area (Å²) < 4.78 is 11.1. The summed E-state index contributed by atoms with van der Waals surface area (Å²) in [5.41, 5.74) is 1.92. The van der Waals surface area contributed by atoms with Crippen LogP contribution in [0.25, 0.3) is 0 Å². The molecule has 2 aliphatic heterocycles. The molecular weight excluding hydrogens is 362 g/mol. The van der Waals surface area contributed by atoms with Crippen molar-refractivity contribution in [1.82, 2.24) is 9.88 Å². The van der Waals surface area contributed by atoms with Crippen LogP contribution in [0.4, 0.5) is 5.13 Å². The third-order valence-corrected chi connectivity index (χ3v) is 5.30. The Hall–Kier alpha value is -1.67. The number of thiazole rings is 1. The predicted octanol–water partition coefficient (Wildman–Crippen LogP) is 2.57. The number of morpholine rings is 1. The normalized spacial score (nSPS) is 20.1. The molecule has 0 aliphatic carbocycles. The number of hydrogen-bond donors (Lipinski definition) is 1. The lowest BCUT2D eigenvalue weighted by Crippen LogP contribution is -2.35. The van der Waals surface area contributed by atoms with E-state index < -0.39 is 6.10 Å². The van der Waals surface area contributed by atoms with E-state index >= 15 is 0 Å². The molecule has 6 nitrogen and oxygen atoms in total. The van der Waals surface area contributed by atoms with Crippen molar-refractivity contribution < 1.29 is 14.3 Å². The molecule has 3 heterocycles. The number of rotatable bonds is 4. The van der Waals surface area contributed by atoms with Crippen LogP contribution in [0.5, 0.6) is 5.75 Å². The van der Waals surface area contributed by atoms with Gasteiger partial charge in [0.15, 0.2) is 11.2 Å². The lowest BCUT2D eigenvalue weighted by molar-refractivity contribution is -0.122. The maximum absolute atomic E-state index is 12.4. The second-order valence-corrected chi connectivity index (χ2v) is 7.38. The van der Waals surface area contributed by atoms with Crippen molar-refractivity contribution in [2.24, 2.45) is 0 Å². The average molecular weight is 380 g/mol. The lowest BCUT2D eigenvalue weighted by Gasteiger charge is -2.25. The van der Waals surface area contributed by atoms with Crippen LogP contribution in [0.3, 0.4) is 0 Å². The first-order chi connectivity index (χ1) is 12.2. The molecule has 0 bridgehead atoms. The highest BCUT2D eigenvalue weighted by Crippen LogP contribution is 2.31. The molecular formula is C17H18ClN3O3S. The third kappa shape index (κ3) is 3.95. The van der Waals surface area contributed by atoms with Gasteiger partial charge in [0, 0.05) is 36.5 Å². The summed E-state index contributed by atoms with van der Waals surface area (Å²) in [6.07, 6.45) is -0.0200. The van der Waals surface area contributed by atoms with Gasteiger partial charge in [0.05, 0.1) is 18.9 Å². The van der Waals surface area contributed by atoms with E-state index in [0.717, 1.165) is 49.9 Å². The van der Waals surface area contributed by atoms with Crippen molar-refractivity contribution in [1.29, 1.82) is 0 Å².